The fourth-order valence-corrected chi connectivity index (χ4v) is 3.98. The van der Waals surface area contributed by atoms with E-state index in [2.05, 4.69) is 10.2 Å². The van der Waals surface area contributed by atoms with Crippen molar-refractivity contribution in [3.05, 3.63) is 59.3 Å². The number of hydrogen-bond donors (Lipinski definition) is 2. The van der Waals surface area contributed by atoms with Crippen LogP contribution in [0.3, 0.4) is 0 Å². The molecule has 7 nitrogen and oxygen atoms in total. The minimum absolute atomic E-state index is 0.0763. The molecule has 0 saturated heterocycles. The van der Waals surface area contributed by atoms with E-state index >= 15 is 0 Å². The Balaban J connectivity index is 1.87. The highest BCUT2D eigenvalue weighted by Crippen LogP contribution is 2.44. The van der Waals surface area contributed by atoms with E-state index in [1.807, 2.05) is 49.1 Å². The molecule has 1 aliphatic rings. The molecule has 0 radical (unpaired) electrons. The van der Waals surface area contributed by atoms with Crippen molar-refractivity contribution in [3.63, 3.8) is 0 Å². The molecule has 156 valence electrons. The largest absolute Gasteiger partial charge is 0.504 e. The second-order valence-electron chi connectivity index (χ2n) is 7.15. The molecular weight excluding hydrogens is 382 g/mol. The first-order chi connectivity index (χ1) is 14.6. The number of aromatic amines is 1. The van der Waals surface area contributed by atoms with Gasteiger partial charge in [0.25, 0.3) is 5.91 Å². The molecule has 1 aliphatic heterocycles. The number of phenols is 1. The number of ether oxygens (including phenoxy) is 2. The van der Waals surface area contributed by atoms with Gasteiger partial charge in [-0.3, -0.25) is 9.89 Å². The van der Waals surface area contributed by atoms with Gasteiger partial charge in [-0.25, -0.2) is 0 Å². The first-order valence-electron chi connectivity index (χ1n) is 10.1. The van der Waals surface area contributed by atoms with E-state index in [1.54, 1.807) is 19.2 Å². The van der Waals surface area contributed by atoms with Crippen LogP contribution in [0.4, 0.5) is 0 Å². The molecule has 0 fully saturated rings. The third kappa shape index (κ3) is 3.26. The van der Waals surface area contributed by atoms with Crippen molar-refractivity contribution >= 4 is 5.91 Å². The first kappa shape index (κ1) is 19.8. The summed E-state index contributed by atoms with van der Waals surface area (Å²) >= 11 is 0. The van der Waals surface area contributed by atoms with Crippen molar-refractivity contribution in [2.24, 2.45) is 0 Å². The molecule has 2 aromatic carbocycles. The van der Waals surface area contributed by atoms with Crippen molar-refractivity contribution in [2.75, 3.05) is 20.3 Å². The molecule has 30 heavy (non-hydrogen) atoms. The molecule has 0 aliphatic carbocycles. The van der Waals surface area contributed by atoms with Crippen LogP contribution in [0, 0.1) is 0 Å². The van der Waals surface area contributed by atoms with Crippen molar-refractivity contribution in [2.45, 2.75) is 26.3 Å². The molecule has 0 saturated carbocycles. The van der Waals surface area contributed by atoms with Crippen LogP contribution in [-0.2, 0) is 0 Å². The number of fused-ring (bicyclic) bond motifs is 1. The van der Waals surface area contributed by atoms with Gasteiger partial charge in [0.05, 0.1) is 25.5 Å². The first-order valence-corrected chi connectivity index (χ1v) is 10.1. The van der Waals surface area contributed by atoms with E-state index < -0.39 is 0 Å². The summed E-state index contributed by atoms with van der Waals surface area (Å²) < 4.78 is 10.9. The number of aromatic hydroxyl groups is 1. The molecule has 0 bridgehead atoms. The van der Waals surface area contributed by atoms with E-state index in [0.717, 1.165) is 28.9 Å². The maximum absolute atomic E-state index is 13.2. The minimum atomic E-state index is -0.327. The Morgan fingerprint density at radius 2 is 2.03 bits per heavy atom. The summed E-state index contributed by atoms with van der Waals surface area (Å²) in [5.41, 5.74) is 3.77. The van der Waals surface area contributed by atoms with Crippen LogP contribution < -0.4 is 9.47 Å². The molecule has 1 atom stereocenters. The number of hydrogen-bond acceptors (Lipinski definition) is 5. The molecule has 0 unspecified atom stereocenters. The second kappa shape index (κ2) is 8.10. The minimum Gasteiger partial charge on any atom is -0.504 e. The zero-order valence-corrected chi connectivity index (χ0v) is 17.3. The summed E-state index contributed by atoms with van der Waals surface area (Å²) in [5, 5.41) is 17.6. The standard InChI is InChI=1S/C23H25N3O4/c1-4-11-26-22(15-9-10-17(27)18(13-15)30-5-2)19-20(24-25-21(19)23(26)28)14-7-6-8-16(12-14)29-3/h6-10,12-13,22,27H,4-5,11H2,1-3H3,(H,24,25)/t22-/m0/s1. The Morgan fingerprint density at radius 1 is 1.20 bits per heavy atom. The van der Waals surface area contributed by atoms with Gasteiger partial charge in [-0.1, -0.05) is 25.1 Å². The normalized spacial score (nSPS) is 15.4. The molecular formula is C23H25N3O4. The lowest BCUT2D eigenvalue weighted by Gasteiger charge is -2.26. The SMILES string of the molecule is CCCN1C(=O)c2[nH]nc(-c3cccc(OC)c3)c2[C@@H]1c1ccc(O)c(OCC)c1. The van der Waals surface area contributed by atoms with Gasteiger partial charge in [0, 0.05) is 17.7 Å². The quantitative estimate of drug-likeness (QED) is 0.614. The van der Waals surface area contributed by atoms with E-state index in [-0.39, 0.29) is 17.7 Å². The average molecular weight is 407 g/mol. The van der Waals surface area contributed by atoms with Crippen molar-refractivity contribution in [3.8, 4) is 28.5 Å². The lowest BCUT2D eigenvalue weighted by atomic mass is 9.95. The van der Waals surface area contributed by atoms with Gasteiger partial charge >= 0.3 is 0 Å². The Morgan fingerprint density at radius 3 is 2.77 bits per heavy atom. The Kier molecular flexibility index (Phi) is 5.35. The Hall–Kier alpha value is -3.48. The summed E-state index contributed by atoms with van der Waals surface area (Å²) in [7, 11) is 1.62. The summed E-state index contributed by atoms with van der Waals surface area (Å²) in [6, 6.07) is 12.5. The van der Waals surface area contributed by atoms with Crippen LogP contribution in [-0.4, -0.2) is 46.4 Å². The maximum Gasteiger partial charge on any atom is 0.273 e. The van der Waals surface area contributed by atoms with Crippen LogP contribution in [0.15, 0.2) is 42.5 Å². The predicted molar refractivity (Wildman–Crippen MR) is 113 cm³/mol. The van der Waals surface area contributed by atoms with Gasteiger partial charge in [0.15, 0.2) is 11.5 Å². The van der Waals surface area contributed by atoms with Gasteiger partial charge in [0.1, 0.15) is 11.4 Å². The van der Waals surface area contributed by atoms with Crippen molar-refractivity contribution in [1.29, 1.82) is 0 Å². The van der Waals surface area contributed by atoms with Crippen LogP contribution >= 0.6 is 0 Å². The summed E-state index contributed by atoms with van der Waals surface area (Å²) in [6.45, 7) is 4.95. The number of nitrogens with one attached hydrogen (secondary N) is 1. The topological polar surface area (TPSA) is 87.7 Å². The van der Waals surface area contributed by atoms with Gasteiger partial charge < -0.3 is 19.5 Å². The molecule has 2 N–H and O–H groups in total. The Labute approximate surface area is 175 Å². The molecule has 1 aromatic heterocycles. The summed E-state index contributed by atoms with van der Waals surface area (Å²) in [5.74, 6) is 1.12. The molecule has 4 rings (SSSR count). The summed E-state index contributed by atoms with van der Waals surface area (Å²) in [4.78, 5) is 15.0. The fraction of sp³-hybridized carbons (Fsp3) is 0.304. The summed E-state index contributed by atoms with van der Waals surface area (Å²) in [6.07, 6.45) is 0.824. The van der Waals surface area contributed by atoms with Crippen LogP contribution in [0.25, 0.3) is 11.3 Å². The fourth-order valence-electron chi connectivity index (χ4n) is 3.98. The smallest absolute Gasteiger partial charge is 0.273 e. The van der Waals surface area contributed by atoms with Gasteiger partial charge in [-0.05, 0) is 43.2 Å². The van der Waals surface area contributed by atoms with Crippen LogP contribution in [0.5, 0.6) is 17.2 Å². The van der Waals surface area contributed by atoms with E-state index in [4.69, 9.17) is 9.47 Å². The zero-order valence-electron chi connectivity index (χ0n) is 17.3. The van der Waals surface area contributed by atoms with Crippen molar-refractivity contribution < 1.29 is 19.4 Å². The molecule has 1 amide bonds. The third-order valence-corrected chi connectivity index (χ3v) is 5.27. The lowest BCUT2D eigenvalue weighted by molar-refractivity contribution is 0.0743. The average Bonchev–Trinajstić information content (AvgIpc) is 3.30. The van der Waals surface area contributed by atoms with E-state index in [0.29, 0.717) is 30.3 Å². The highest BCUT2D eigenvalue weighted by Gasteiger charge is 2.42. The predicted octanol–water partition coefficient (Wildman–Crippen LogP) is 4.14. The van der Waals surface area contributed by atoms with E-state index in [1.165, 1.54) is 0 Å². The van der Waals surface area contributed by atoms with E-state index in [9.17, 15) is 9.90 Å². The maximum atomic E-state index is 13.2. The monoisotopic (exact) mass is 407 g/mol. The highest BCUT2D eigenvalue weighted by atomic mass is 16.5. The molecule has 7 heteroatoms. The third-order valence-electron chi connectivity index (χ3n) is 5.27. The second-order valence-corrected chi connectivity index (χ2v) is 7.15. The number of nitrogens with zero attached hydrogens (tertiary/aromatic N) is 2. The lowest BCUT2D eigenvalue weighted by Crippen LogP contribution is -2.30. The van der Waals surface area contributed by atoms with Gasteiger partial charge in [0.2, 0.25) is 0 Å². The number of amides is 1. The number of carbonyl (C=O) groups excluding carboxylic acids is 1. The highest BCUT2D eigenvalue weighted by molar-refractivity contribution is 6.00. The van der Waals surface area contributed by atoms with Crippen molar-refractivity contribution in [1.82, 2.24) is 15.1 Å². The van der Waals surface area contributed by atoms with Crippen LogP contribution in [0.1, 0.15) is 47.9 Å². The van der Waals surface area contributed by atoms with Gasteiger partial charge in [-0.15, -0.1) is 0 Å². The number of aromatic nitrogens is 2. The Bertz CT molecular complexity index is 1080. The number of phenolic OH excluding ortho intramolecular Hbond substituents is 1. The molecule has 0 spiro atoms. The molecule has 3 aromatic rings. The van der Waals surface area contributed by atoms with Crippen LogP contribution in [0.2, 0.25) is 0 Å². The van der Waals surface area contributed by atoms with Gasteiger partial charge in [-0.2, -0.15) is 5.10 Å². The number of carbonyl (C=O) groups is 1. The molecule has 2 heterocycles. The number of rotatable bonds is 7. The number of H-pyrrole nitrogens is 1. The number of methoxy groups -OCH3 is 1. The number of benzene rings is 2. The zero-order chi connectivity index (χ0) is 21.3.